The first kappa shape index (κ1) is 19.8. The topological polar surface area (TPSA) is 65.1 Å². The molecule has 1 heterocycles. The summed E-state index contributed by atoms with van der Waals surface area (Å²) in [6, 6.07) is 12.1. The van der Waals surface area contributed by atoms with Crippen molar-refractivity contribution in [3.63, 3.8) is 0 Å². The highest BCUT2D eigenvalue weighted by Gasteiger charge is 2.41. The predicted octanol–water partition coefficient (Wildman–Crippen LogP) is 3.75. The normalized spacial score (nSPS) is 13.9. The molecule has 146 valence electrons. The summed E-state index contributed by atoms with van der Waals surface area (Å²) >= 11 is 1.34. The maximum Gasteiger partial charge on any atom is 0.272 e. The molecule has 0 radical (unpaired) electrons. The minimum absolute atomic E-state index is 0.351. The molecule has 2 aromatic carbocycles. The molecule has 2 amide bonds. The molecule has 0 fully saturated rings. The Morgan fingerprint density at radius 2 is 1.54 bits per heavy atom. The SMILES string of the molecule is CCSC1=C(c2ccccc2OC)C(=O)N(c2ccc(OC)c(OC)c2)C1=O. The van der Waals surface area contributed by atoms with Gasteiger partial charge in [-0.15, -0.1) is 11.8 Å². The van der Waals surface area contributed by atoms with Gasteiger partial charge in [-0.2, -0.15) is 0 Å². The molecule has 1 aliphatic heterocycles. The van der Waals surface area contributed by atoms with Gasteiger partial charge in [0.1, 0.15) is 5.75 Å². The Labute approximate surface area is 168 Å². The number of carbonyl (C=O) groups excluding carboxylic acids is 2. The van der Waals surface area contributed by atoms with Crippen molar-refractivity contribution in [2.75, 3.05) is 32.0 Å². The lowest BCUT2D eigenvalue weighted by Crippen LogP contribution is -2.31. The highest BCUT2D eigenvalue weighted by molar-refractivity contribution is 8.04. The van der Waals surface area contributed by atoms with Gasteiger partial charge in [0.15, 0.2) is 11.5 Å². The fourth-order valence-electron chi connectivity index (χ4n) is 3.08. The molecular weight excluding hydrogens is 378 g/mol. The summed E-state index contributed by atoms with van der Waals surface area (Å²) in [6.45, 7) is 1.94. The Morgan fingerprint density at radius 3 is 2.18 bits per heavy atom. The molecule has 1 aliphatic rings. The smallest absolute Gasteiger partial charge is 0.272 e. The number of carbonyl (C=O) groups is 2. The number of thioether (sulfide) groups is 1. The van der Waals surface area contributed by atoms with Gasteiger partial charge in [-0.25, -0.2) is 4.90 Å². The van der Waals surface area contributed by atoms with Gasteiger partial charge in [0.25, 0.3) is 11.8 Å². The van der Waals surface area contributed by atoms with E-state index in [1.54, 1.807) is 37.4 Å². The Kier molecular flexibility index (Phi) is 5.94. The minimum atomic E-state index is -0.391. The van der Waals surface area contributed by atoms with E-state index in [1.807, 2.05) is 19.1 Å². The summed E-state index contributed by atoms with van der Waals surface area (Å²) in [4.78, 5) is 28.1. The second-order valence-corrected chi connectivity index (χ2v) is 7.10. The molecule has 0 spiro atoms. The standard InChI is InChI=1S/C21H21NO5S/c1-5-28-19-18(14-8-6-7-9-15(14)25-2)20(23)22(21(19)24)13-10-11-16(26-3)17(12-13)27-4/h6-12H,5H2,1-4H3. The van der Waals surface area contributed by atoms with Crippen LogP contribution < -0.4 is 19.1 Å². The first-order valence-electron chi connectivity index (χ1n) is 8.68. The molecule has 0 bridgehead atoms. The van der Waals surface area contributed by atoms with Crippen molar-refractivity contribution >= 4 is 34.8 Å². The lowest BCUT2D eigenvalue weighted by atomic mass is 10.0. The van der Waals surface area contributed by atoms with E-state index in [2.05, 4.69) is 0 Å². The van der Waals surface area contributed by atoms with Crippen molar-refractivity contribution in [3.05, 3.63) is 52.9 Å². The number of methoxy groups -OCH3 is 3. The molecule has 0 aromatic heterocycles. The Bertz CT molecular complexity index is 954. The predicted molar refractivity (Wildman–Crippen MR) is 110 cm³/mol. The van der Waals surface area contributed by atoms with E-state index in [1.165, 1.54) is 30.9 Å². The third-order valence-electron chi connectivity index (χ3n) is 4.33. The van der Waals surface area contributed by atoms with Crippen molar-refractivity contribution in [2.24, 2.45) is 0 Å². The zero-order chi connectivity index (χ0) is 20.3. The Hall–Kier alpha value is -2.93. The van der Waals surface area contributed by atoms with Crippen LogP contribution in [0.3, 0.4) is 0 Å². The number of anilines is 1. The summed E-state index contributed by atoms with van der Waals surface area (Å²) in [5.41, 5.74) is 1.37. The summed E-state index contributed by atoms with van der Waals surface area (Å²) < 4.78 is 16.0. The van der Waals surface area contributed by atoms with Gasteiger partial charge in [-0.1, -0.05) is 25.1 Å². The number of nitrogens with zero attached hydrogens (tertiary/aromatic N) is 1. The number of imide groups is 1. The van der Waals surface area contributed by atoms with E-state index in [0.29, 0.717) is 44.7 Å². The van der Waals surface area contributed by atoms with Gasteiger partial charge in [-0.3, -0.25) is 9.59 Å². The van der Waals surface area contributed by atoms with E-state index < -0.39 is 5.91 Å². The molecule has 3 rings (SSSR count). The number of hydrogen-bond donors (Lipinski definition) is 0. The third-order valence-corrected chi connectivity index (χ3v) is 5.29. The largest absolute Gasteiger partial charge is 0.496 e. The van der Waals surface area contributed by atoms with Crippen LogP contribution in [0.2, 0.25) is 0 Å². The molecular formula is C21H21NO5S. The number of amides is 2. The zero-order valence-electron chi connectivity index (χ0n) is 16.1. The van der Waals surface area contributed by atoms with Gasteiger partial charge >= 0.3 is 0 Å². The minimum Gasteiger partial charge on any atom is -0.496 e. The third kappa shape index (κ3) is 3.33. The lowest BCUT2D eigenvalue weighted by molar-refractivity contribution is -0.119. The molecule has 0 aliphatic carbocycles. The van der Waals surface area contributed by atoms with Crippen LogP contribution >= 0.6 is 11.8 Å². The molecule has 0 N–H and O–H groups in total. The van der Waals surface area contributed by atoms with E-state index >= 15 is 0 Å². The van der Waals surface area contributed by atoms with Crippen molar-refractivity contribution in [1.82, 2.24) is 0 Å². The second kappa shape index (κ2) is 8.39. The number of rotatable bonds is 7. The van der Waals surface area contributed by atoms with Crippen LogP contribution in [0.5, 0.6) is 17.2 Å². The van der Waals surface area contributed by atoms with Crippen molar-refractivity contribution in [3.8, 4) is 17.2 Å². The monoisotopic (exact) mass is 399 g/mol. The van der Waals surface area contributed by atoms with Gasteiger partial charge in [0.05, 0.1) is 37.5 Å². The Balaban J connectivity index is 2.12. The van der Waals surface area contributed by atoms with Crippen LogP contribution in [0.15, 0.2) is 47.4 Å². The van der Waals surface area contributed by atoms with Gasteiger partial charge in [-0.05, 0) is 24.0 Å². The highest BCUT2D eigenvalue weighted by atomic mass is 32.2. The van der Waals surface area contributed by atoms with Crippen LogP contribution in [0.4, 0.5) is 5.69 Å². The van der Waals surface area contributed by atoms with Crippen LogP contribution in [-0.4, -0.2) is 38.9 Å². The van der Waals surface area contributed by atoms with Gasteiger partial charge in [0.2, 0.25) is 0 Å². The van der Waals surface area contributed by atoms with Crippen LogP contribution in [0.1, 0.15) is 12.5 Å². The average molecular weight is 399 g/mol. The second-order valence-electron chi connectivity index (χ2n) is 5.82. The van der Waals surface area contributed by atoms with Crippen LogP contribution in [-0.2, 0) is 9.59 Å². The summed E-state index contributed by atoms with van der Waals surface area (Å²) in [7, 11) is 4.58. The zero-order valence-corrected chi connectivity index (χ0v) is 17.0. The number of hydrogen-bond acceptors (Lipinski definition) is 6. The quantitative estimate of drug-likeness (QED) is 0.661. The Morgan fingerprint density at radius 1 is 0.857 bits per heavy atom. The fourth-order valence-corrected chi connectivity index (χ4v) is 3.92. The molecule has 2 aromatic rings. The molecule has 28 heavy (non-hydrogen) atoms. The highest BCUT2D eigenvalue weighted by Crippen LogP contribution is 2.42. The van der Waals surface area contributed by atoms with Crippen molar-refractivity contribution in [2.45, 2.75) is 6.92 Å². The maximum absolute atomic E-state index is 13.3. The molecule has 0 saturated heterocycles. The van der Waals surface area contributed by atoms with E-state index in [4.69, 9.17) is 14.2 Å². The first-order valence-corrected chi connectivity index (χ1v) is 9.67. The molecule has 0 atom stereocenters. The van der Waals surface area contributed by atoms with Gasteiger partial charge in [0, 0.05) is 11.6 Å². The fraction of sp³-hybridized carbons (Fsp3) is 0.238. The van der Waals surface area contributed by atoms with Gasteiger partial charge < -0.3 is 14.2 Å². The molecule has 0 unspecified atom stereocenters. The van der Waals surface area contributed by atoms with E-state index in [-0.39, 0.29) is 5.91 Å². The van der Waals surface area contributed by atoms with Crippen molar-refractivity contribution < 1.29 is 23.8 Å². The van der Waals surface area contributed by atoms with Crippen molar-refractivity contribution in [1.29, 1.82) is 0 Å². The van der Waals surface area contributed by atoms with Crippen LogP contribution in [0.25, 0.3) is 5.57 Å². The summed E-state index contributed by atoms with van der Waals surface area (Å²) in [5.74, 6) is 1.42. The molecule has 7 heteroatoms. The first-order chi connectivity index (χ1) is 13.6. The molecule has 6 nitrogen and oxygen atoms in total. The number of para-hydroxylation sites is 1. The summed E-state index contributed by atoms with van der Waals surface area (Å²) in [6.07, 6.45) is 0. The lowest BCUT2D eigenvalue weighted by Gasteiger charge is -2.17. The van der Waals surface area contributed by atoms with E-state index in [9.17, 15) is 9.59 Å². The van der Waals surface area contributed by atoms with Crippen LogP contribution in [0, 0.1) is 0 Å². The molecule has 0 saturated carbocycles. The number of benzene rings is 2. The van der Waals surface area contributed by atoms with E-state index in [0.717, 1.165) is 0 Å². The number of ether oxygens (including phenoxy) is 3. The average Bonchev–Trinajstić information content (AvgIpc) is 2.97. The maximum atomic E-state index is 13.3. The summed E-state index contributed by atoms with van der Waals surface area (Å²) in [5, 5.41) is 0.